The molecule has 1 N–H and O–H groups in total. The summed E-state index contributed by atoms with van der Waals surface area (Å²) in [4.78, 5) is 15.0. The van der Waals surface area contributed by atoms with E-state index in [1.165, 1.54) is 30.5 Å². The first-order valence-electron chi connectivity index (χ1n) is 11.1. The van der Waals surface area contributed by atoms with Gasteiger partial charge in [-0.2, -0.15) is 26.3 Å². The van der Waals surface area contributed by atoms with Crippen molar-refractivity contribution in [2.45, 2.75) is 25.3 Å². The number of anilines is 2. The summed E-state index contributed by atoms with van der Waals surface area (Å²) in [5.74, 6) is 0. The molecule has 0 radical (unpaired) electrons. The molecule has 1 aliphatic rings. The van der Waals surface area contributed by atoms with Crippen molar-refractivity contribution < 1.29 is 26.3 Å². The average Bonchev–Trinajstić information content (AvgIpc) is 2.80. The Morgan fingerprint density at radius 2 is 1.61 bits per heavy atom. The first-order chi connectivity index (χ1) is 17.1. The summed E-state index contributed by atoms with van der Waals surface area (Å²) in [6.07, 6.45) is -6.73. The number of hydrogen-bond acceptors (Lipinski definition) is 5. The van der Waals surface area contributed by atoms with Crippen LogP contribution in [0.15, 0.2) is 60.8 Å². The number of rotatable bonds is 5. The maximum atomic E-state index is 13.5. The maximum Gasteiger partial charge on any atom is 0.418 e. The van der Waals surface area contributed by atoms with E-state index in [4.69, 9.17) is 0 Å². The summed E-state index contributed by atoms with van der Waals surface area (Å²) >= 11 is 0. The predicted molar refractivity (Wildman–Crippen MR) is 122 cm³/mol. The minimum absolute atomic E-state index is 0.0181. The van der Waals surface area contributed by atoms with Crippen molar-refractivity contribution in [1.82, 2.24) is 19.9 Å². The molecule has 0 unspecified atom stereocenters. The molecule has 1 aromatic carbocycles. The Bertz CT molecular complexity index is 1400. The minimum Gasteiger partial charge on any atom is -0.355 e. The Morgan fingerprint density at radius 3 is 2.25 bits per heavy atom. The molecule has 36 heavy (non-hydrogen) atoms. The minimum atomic E-state index is -4.61. The standard InChI is InChI=1S/C25H19F6N5/c26-24(27,28)15-4-6-16(7-5-15)33-21-13-17(14-36-11-2-12-36)34-23-18(21)8-9-20(35-23)22-19(25(29,30)31)3-1-10-32-22/h1,3-10,13H,2,11-12,14H2,(H,33,34,35). The van der Waals surface area contributed by atoms with Crippen LogP contribution in [-0.4, -0.2) is 32.9 Å². The van der Waals surface area contributed by atoms with Crippen molar-refractivity contribution in [3.05, 3.63) is 77.6 Å². The van der Waals surface area contributed by atoms with Crippen LogP contribution in [0.4, 0.5) is 37.7 Å². The maximum absolute atomic E-state index is 13.5. The lowest BCUT2D eigenvalue weighted by atomic mass is 10.1. The van der Waals surface area contributed by atoms with Gasteiger partial charge in [-0.3, -0.25) is 9.88 Å². The molecule has 11 heteroatoms. The number of fused-ring (bicyclic) bond motifs is 1. The molecule has 0 spiro atoms. The van der Waals surface area contributed by atoms with Crippen LogP contribution in [0.3, 0.4) is 0 Å². The third-order valence-corrected chi connectivity index (χ3v) is 5.91. The van der Waals surface area contributed by atoms with Crippen molar-refractivity contribution in [2.24, 2.45) is 0 Å². The Morgan fingerprint density at radius 1 is 0.861 bits per heavy atom. The number of nitrogens with one attached hydrogen (secondary N) is 1. The van der Waals surface area contributed by atoms with E-state index in [2.05, 4.69) is 25.2 Å². The smallest absolute Gasteiger partial charge is 0.355 e. The molecule has 1 aliphatic heterocycles. The van der Waals surface area contributed by atoms with Gasteiger partial charge >= 0.3 is 12.4 Å². The van der Waals surface area contributed by atoms with Gasteiger partial charge in [-0.15, -0.1) is 0 Å². The molecule has 0 saturated carbocycles. The molecule has 4 heterocycles. The number of likely N-dealkylation sites (tertiary alicyclic amines) is 1. The van der Waals surface area contributed by atoms with E-state index in [9.17, 15) is 26.3 Å². The Balaban J connectivity index is 1.57. The van der Waals surface area contributed by atoms with Gasteiger partial charge < -0.3 is 5.32 Å². The Kier molecular flexibility index (Phi) is 6.03. The highest BCUT2D eigenvalue weighted by molar-refractivity contribution is 5.92. The number of nitrogens with zero attached hydrogens (tertiary/aromatic N) is 4. The molecule has 0 amide bonds. The van der Waals surface area contributed by atoms with Gasteiger partial charge in [-0.05, 0) is 74.1 Å². The van der Waals surface area contributed by atoms with E-state index in [-0.39, 0.29) is 17.0 Å². The lowest BCUT2D eigenvalue weighted by Crippen LogP contribution is -2.36. The molecule has 5 nitrogen and oxygen atoms in total. The lowest BCUT2D eigenvalue weighted by molar-refractivity contribution is -0.138. The molecule has 0 atom stereocenters. The second-order valence-electron chi connectivity index (χ2n) is 8.46. The Labute approximate surface area is 201 Å². The zero-order valence-corrected chi connectivity index (χ0v) is 18.7. The number of hydrogen-bond donors (Lipinski definition) is 1. The molecule has 1 fully saturated rings. The zero-order valence-electron chi connectivity index (χ0n) is 18.7. The predicted octanol–water partition coefficient (Wildman–Crippen LogP) is 6.68. The summed E-state index contributed by atoms with van der Waals surface area (Å²) in [5.41, 5.74) is -0.171. The summed E-state index contributed by atoms with van der Waals surface area (Å²) in [6, 6.07) is 11.5. The van der Waals surface area contributed by atoms with Crippen molar-refractivity contribution in [1.29, 1.82) is 0 Å². The third-order valence-electron chi connectivity index (χ3n) is 5.91. The van der Waals surface area contributed by atoms with Crippen LogP contribution < -0.4 is 5.32 Å². The normalized spacial score (nSPS) is 14.6. The van der Waals surface area contributed by atoms with Crippen molar-refractivity contribution in [2.75, 3.05) is 18.4 Å². The monoisotopic (exact) mass is 503 g/mol. The van der Waals surface area contributed by atoms with E-state index in [1.807, 2.05) is 0 Å². The number of pyridine rings is 3. The highest BCUT2D eigenvalue weighted by atomic mass is 19.4. The van der Waals surface area contributed by atoms with E-state index < -0.39 is 23.5 Å². The molecule has 4 aromatic rings. The fourth-order valence-corrected chi connectivity index (χ4v) is 3.98. The molecule has 5 rings (SSSR count). The van der Waals surface area contributed by atoms with Crippen LogP contribution in [0.2, 0.25) is 0 Å². The van der Waals surface area contributed by atoms with Gasteiger partial charge in [0.15, 0.2) is 5.65 Å². The van der Waals surface area contributed by atoms with Crippen LogP contribution >= 0.6 is 0 Å². The average molecular weight is 503 g/mol. The second-order valence-corrected chi connectivity index (χ2v) is 8.46. The third kappa shape index (κ3) is 4.97. The van der Waals surface area contributed by atoms with Crippen LogP contribution in [0, 0.1) is 0 Å². The van der Waals surface area contributed by atoms with Crippen LogP contribution in [0.25, 0.3) is 22.4 Å². The van der Waals surface area contributed by atoms with Gasteiger partial charge in [-0.25, -0.2) is 9.97 Å². The van der Waals surface area contributed by atoms with Crippen LogP contribution in [0.1, 0.15) is 23.2 Å². The largest absolute Gasteiger partial charge is 0.418 e. The number of halogens is 6. The number of alkyl halides is 6. The van der Waals surface area contributed by atoms with Gasteiger partial charge in [0.1, 0.15) is 5.69 Å². The number of aromatic nitrogens is 3. The quantitative estimate of drug-likeness (QED) is 0.308. The lowest BCUT2D eigenvalue weighted by Gasteiger charge is -2.30. The SMILES string of the molecule is FC(F)(F)c1ccc(Nc2cc(CN3CCC3)nc3nc(-c4ncccc4C(F)(F)F)ccc23)cc1. The van der Waals surface area contributed by atoms with Crippen LogP contribution in [-0.2, 0) is 18.9 Å². The van der Waals surface area contributed by atoms with E-state index in [0.717, 1.165) is 37.7 Å². The van der Waals surface area contributed by atoms with Gasteiger partial charge in [0.25, 0.3) is 0 Å². The molecular formula is C25H19F6N5. The molecular weight excluding hydrogens is 484 g/mol. The zero-order chi connectivity index (χ0) is 25.5. The molecule has 0 aliphatic carbocycles. The first kappa shape index (κ1) is 24.0. The van der Waals surface area contributed by atoms with Gasteiger partial charge in [-0.1, -0.05) is 0 Å². The number of benzene rings is 1. The van der Waals surface area contributed by atoms with Gasteiger partial charge in [0.05, 0.1) is 28.2 Å². The fourth-order valence-electron chi connectivity index (χ4n) is 3.98. The second kappa shape index (κ2) is 9.05. The topological polar surface area (TPSA) is 53.9 Å². The van der Waals surface area contributed by atoms with Crippen molar-refractivity contribution in [3.8, 4) is 11.4 Å². The first-order valence-corrected chi connectivity index (χ1v) is 11.1. The summed E-state index contributed by atoms with van der Waals surface area (Å²) in [6.45, 7) is 2.32. The summed E-state index contributed by atoms with van der Waals surface area (Å²) in [7, 11) is 0. The molecule has 3 aromatic heterocycles. The molecule has 186 valence electrons. The Hall–Kier alpha value is -3.73. The molecule has 1 saturated heterocycles. The highest BCUT2D eigenvalue weighted by Gasteiger charge is 2.35. The van der Waals surface area contributed by atoms with Crippen molar-refractivity contribution in [3.63, 3.8) is 0 Å². The van der Waals surface area contributed by atoms with Crippen molar-refractivity contribution >= 4 is 22.4 Å². The van der Waals surface area contributed by atoms with Crippen LogP contribution in [0.5, 0.6) is 0 Å². The van der Waals surface area contributed by atoms with Gasteiger partial charge in [0, 0.05) is 23.8 Å². The van der Waals surface area contributed by atoms with Gasteiger partial charge in [0.2, 0.25) is 0 Å². The van der Waals surface area contributed by atoms with E-state index in [0.29, 0.717) is 29.0 Å². The summed E-state index contributed by atoms with van der Waals surface area (Å²) < 4.78 is 79.4. The summed E-state index contributed by atoms with van der Waals surface area (Å²) in [5, 5.41) is 3.62. The fraction of sp³-hybridized carbons (Fsp3) is 0.240. The van der Waals surface area contributed by atoms with E-state index >= 15 is 0 Å². The highest BCUT2D eigenvalue weighted by Crippen LogP contribution is 2.36. The molecule has 0 bridgehead atoms. The van der Waals surface area contributed by atoms with E-state index in [1.54, 1.807) is 12.1 Å².